The zero-order chi connectivity index (χ0) is 15.1. The average Bonchev–Trinajstić information content (AvgIpc) is 2.33. The molecule has 5 nitrogen and oxygen atoms in total. The second kappa shape index (κ2) is 7.76. The summed E-state index contributed by atoms with van der Waals surface area (Å²) in [6.45, 7) is 13.6. The molecule has 0 rings (SSSR count). The van der Waals surface area contributed by atoms with Crippen LogP contribution in [0.15, 0.2) is 24.8 Å². The minimum Gasteiger partial charge on any atom is -0.375 e. The third-order valence-electron chi connectivity index (χ3n) is 2.29. The van der Waals surface area contributed by atoms with Gasteiger partial charge in [-0.05, 0) is 6.42 Å². The zero-order valence-corrected chi connectivity index (χ0v) is 14.4. The van der Waals surface area contributed by atoms with E-state index < -0.39 is 22.8 Å². The molecule has 0 fully saturated rings. The van der Waals surface area contributed by atoms with E-state index in [9.17, 15) is 4.79 Å². The summed E-state index contributed by atoms with van der Waals surface area (Å²) in [4.78, 5) is 16.4. The quantitative estimate of drug-likeness (QED) is 0.215. The first-order valence-corrected chi connectivity index (χ1v) is 11.6. The van der Waals surface area contributed by atoms with Crippen molar-refractivity contribution in [2.24, 2.45) is 0 Å². The fourth-order valence-corrected chi connectivity index (χ4v) is 8.48. The van der Waals surface area contributed by atoms with Gasteiger partial charge in [-0.2, -0.15) is 4.58 Å². The van der Waals surface area contributed by atoms with Gasteiger partial charge in [0, 0.05) is 33.5 Å². The molecule has 0 radical (unpaired) electrons. The van der Waals surface area contributed by atoms with Crippen LogP contribution in [0.3, 0.4) is 0 Å². The molecule has 0 atom stereocenters. The number of carbonyl (C=O) groups is 1. The topological polar surface area (TPSA) is 54.0 Å². The van der Waals surface area contributed by atoms with Gasteiger partial charge in [-0.15, -0.1) is 6.58 Å². The van der Waals surface area contributed by atoms with E-state index >= 15 is 0 Å². The van der Waals surface area contributed by atoms with Crippen LogP contribution in [0.4, 0.5) is 0 Å². The van der Waals surface area contributed by atoms with Crippen LogP contribution in [0.2, 0.25) is 25.3 Å². The highest BCUT2D eigenvalue weighted by Crippen LogP contribution is 2.22. The maximum atomic E-state index is 11.6. The Morgan fingerprint density at radius 2 is 1.74 bits per heavy atom. The summed E-state index contributed by atoms with van der Waals surface area (Å²) < 4.78 is 15.9. The smallest absolute Gasteiger partial charge is 0.375 e. The molecule has 0 aliphatic heterocycles. The summed E-state index contributed by atoms with van der Waals surface area (Å²) in [5.74, 6) is -0.624. The van der Waals surface area contributed by atoms with Crippen molar-refractivity contribution in [2.45, 2.75) is 31.7 Å². The maximum absolute atomic E-state index is 11.6. The van der Waals surface area contributed by atoms with Crippen molar-refractivity contribution < 1.29 is 23.1 Å². The summed E-state index contributed by atoms with van der Waals surface area (Å²) in [6.07, 6.45) is 1.92. The first kappa shape index (κ1) is 18.3. The predicted molar refractivity (Wildman–Crippen MR) is 79.1 cm³/mol. The van der Waals surface area contributed by atoms with Gasteiger partial charge >= 0.3 is 14.8 Å². The third kappa shape index (κ3) is 6.83. The molecular formula is C12H24O5Si2. The summed E-state index contributed by atoms with van der Waals surface area (Å²) in [5.41, 5.74) is 0.937. The Bertz CT molecular complexity index is 332. The van der Waals surface area contributed by atoms with E-state index in [2.05, 4.69) is 32.8 Å². The molecule has 0 N–H and O–H groups in total. The second-order valence-electron chi connectivity index (χ2n) is 5.38. The highest BCUT2D eigenvalue weighted by atomic mass is 28.4. The summed E-state index contributed by atoms with van der Waals surface area (Å²) >= 11 is 0. The number of rotatable bonds is 9. The van der Waals surface area contributed by atoms with Gasteiger partial charge in [0.15, 0.2) is 0 Å². The maximum Gasteiger partial charge on any atom is 0.540 e. The number of allylic oxidation sites excluding steroid dienone is 1. The van der Waals surface area contributed by atoms with E-state index in [1.807, 2.05) is 0 Å². The van der Waals surface area contributed by atoms with Crippen LogP contribution in [0.5, 0.6) is 0 Å². The van der Waals surface area contributed by atoms with E-state index in [1.54, 1.807) is 6.08 Å². The molecule has 7 heteroatoms. The largest absolute Gasteiger partial charge is 0.540 e. The highest BCUT2D eigenvalue weighted by Gasteiger charge is 2.46. The molecule has 0 aliphatic rings. The van der Waals surface area contributed by atoms with Gasteiger partial charge in [0.25, 0.3) is 0 Å². The summed E-state index contributed by atoms with van der Waals surface area (Å²) in [7, 11) is -1.45. The summed E-state index contributed by atoms with van der Waals surface area (Å²) in [6, 6.07) is 0. The van der Waals surface area contributed by atoms with Gasteiger partial charge in [-0.3, -0.25) is 4.89 Å². The lowest BCUT2D eigenvalue weighted by Gasteiger charge is -2.29. The van der Waals surface area contributed by atoms with Crippen molar-refractivity contribution in [1.29, 1.82) is 0 Å². The van der Waals surface area contributed by atoms with E-state index in [-0.39, 0.29) is 5.57 Å². The van der Waals surface area contributed by atoms with Gasteiger partial charge in [0.05, 0.1) is 0 Å². The standard InChI is InChI=1S/C12H24O5Si2/c1-8-9-11(2)12(13)16-17-19(14-3,15-4)10-18(5,6)7/h8H,1-2,9-10H2,3-7H3. The number of carbonyl (C=O) groups excluding carboxylic acids is 1. The van der Waals surface area contributed by atoms with Crippen molar-refractivity contribution in [3.05, 3.63) is 24.8 Å². The second-order valence-corrected chi connectivity index (χ2v) is 14.3. The predicted octanol–water partition coefficient (Wildman–Crippen LogP) is 2.70. The van der Waals surface area contributed by atoms with E-state index in [0.717, 1.165) is 0 Å². The van der Waals surface area contributed by atoms with Crippen molar-refractivity contribution in [3.63, 3.8) is 0 Å². The van der Waals surface area contributed by atoms with Crippen molar-refractivity contribution >= 4 is 22.8 Å². The first-order valence-electron chi connectivity index (χ1n) is 5.98. The number of hydrogen-bond donors (Lipinski definition) is 0. The van der Waals surface area contributed by atoms with Gasteiger partial charge in [0.2, 0.25) is 0 Å². The fraction of sp³-hybridized carbons (Fsp3) is 0.583. The first-order chi connectivity index (χ1) is 8.69. The minimum atomic E-state index is -2.96. The Kier molecular flexibility index (Phi) is 7.46. The van der Waals surface area contributed by atoms with Gasteiger partial charge in [0.1, 0.15) is 0 Å². The van der Waals surface area contributed by atoms with E-state index in [1.165, 1.54) is 14.2 Å². The molecule has 0 saturated heterocycles. The van der Waals surface area contributed by atoms with Crippen molar-refractivity contribution in [1.82, 2.24) is 0 Å². The van der Waals surface area contributed by atoms with Gasteiger partial charge in [-0.1, -0.05) is 32.3 Å². The van der Waals surface area contributed by atoms with Gasteiger partial charge in [-0.25, -0.2) is 4.79 Å². The molecule has 0 spiro atoms. The highest BCUT2D eigenvalue weighted by molar-refractivity contribution is 6.88. The molecule has 0 aliphatic carbocycles. The fourth-order valence-electron chi connectivity index (χ4n) is 1.39. The molecule has 0 saturated carbocycles. The average molecular weight is 304 g/mol. The van der Waals surface area contributed by atoms with Crippen molar-refractivity contribution in [2.75, 3.05) is 14.2 Å². The third-order valence-corrected chi connectivity index (χ3v) is 9.85. The molecule has 19 heavy (non-hydrogen) atoms. The molecule has 0 amide bonds. The van der Waals surface area contributed by atoms with Crippen LogP contribution in [-0.2, 0) is 23.1 Å². The lowest BCUT2D eigenvalue weighted by molar-refractivity contribution is -0.234. The molecule has 0 bridgehead atoms. The van der Waals surface area contributed by atoms with Crippen molar-refractivity contribution in [3.8, 4) is 0 Å². The van der Waals surface area contributed by atoms with Crippen LogP contribution in [0.25, 0.3) is 0 Å². The van der Waals surface area contributed by atoms with Gasteiger partial charge < -0.3 is 8.85 Å². The Hall–Kier alpha value is -0.736. The minimum absolute atomic E-state index is 0.276. The monoisotopic (exact) mass is 304 g/mol. The molecule has 0 aromatic heterocycles. The Balaban J connectivity index is 4.64. The number of hydrogen-bond acceptors (Lipinski definition) is 5. The normalized spacial score (nSPS) is 12.1. The summed E-state index contributed by atoms with van der Waals surface area (Å²) in [5, 5.41) is 0. The van der Waals surface area contributed by atoms with E-state index in [0.29, 0.717) is 12.1 Å². The molecular weight excluding hydrogens is 280 g/mol. The molecule has 0 aromatic rings. The Morgan fingerprint density at radius 3 is 2.11 bits per heavy atom. The SMILES string of the molecule is C=CCC(=C)C(=O)OO[Si](C[Si](C)(C)C)(OC)OC. The lowest BCUT2D eigenvalue weighted by Crippen LogP contribution is -2.50. The molecule has 0 heterocycles. The van der Waals surface area contributed by atoms with Crippen LogP contribution in [0.1, 0.15) is 6.42 Å². The zero-order valence-electron chi connectivity index (χ0n) is 12.4. The molecule has 110 valence electrons. The Morgan fingerprint density at radius 1 is 1.21 bits per heavy atom. The van der Waals surface area contributed by atoms with Crippen LogP contribution >= 0.6 is 0 Å². The lowest BCUT2D eigenvalue weighted by atomic mass is 10.2. The van der Waals surface area contributed by atoms with E-state index in [4.69, 9.17) is 18.3 Å². The molecule has 0 aromatic carbocycles. The van der Waals surface area contributed by atoms with Crippen LogP contribution < -0.4 is 0 Å². The van der Waals surface area contributed by atoms with Crippen LogP contribution in [0, 0.1) is 0 Å². The molecule has 0 unspecified atom stereocenters. The Labute approximate surface area is 117 Å². The van der Waals surface area contributed by atoms with Crippen LogP contribution in [-0.4, -0.2) is 37.1 Å².